The fourth-order valence-corrected chi connectivity index (χ4v) is 9.36. The smallest absolute Gasteiger partial charge is 0.305 e. The van der Waals surface area contributed by atoms with E-state index in [0.29, 0.717) is 19.4 Å². The maximum atomic E-state index is 13.0. The van der Waals surface area contributed by atoms with E-state index in [1.165, 1.54) is 154 Å². The summed E-state index contributed by atoms with van der Waals surface area (Å²) in [6, 6.07) is -0.832. The van der Waals surface area contributed by atoms with E-state index in [2.05, 4.69) is 67.8 Å². The minimum Gasteiger partial charge on any atom is -0.466 e. The molecule has 0 aliphatic carbocycles. The van der Waals surface area contributed by atoms with Gasteiger partial charge in [-0.2, -0.15) is 0 Å². The first-order chi connectivity index (χ1) is 36.7. The summed E-state index contributed by atoms with van der Waals surface area (Å²) in [6.45, 7) is 4.24. The predicted molar refractivity (Wildman–Crippen MR) is 310 cm³/mol. The highest BCUT2D eigenvalue weighted by molar-refractivity contribution is 5.76. The van der Waals surface area contributed by atoms with Gasteiger partial charge in [0.25, 0.3) is 0 Å². The standard InChI is InChI=1S/C64H115NO10/c1-3-5-7-9-11-13-14-15-16-26-29-32-36-40-44-48-52-60(69)73-53-49-45-41-37-33-30-27-24-22-20-18-17-19-21-23-25-28-31-35-39-43-47-51-59(68)65-56(57(67)50-46-42-38-34-12-10-8-6-4-2)55-74-64-63(72)62(71)61(70)58(54-66)75-64/h12-14,16,19,21,26,34,46,50,56-58,61-64,66-67,70-72H,3-11,15,17-18,20,22-25,27-33,35-45,47-49,51-55H2,1-2H3,(H,65,68)/b14-13-,21-19-,26-16-,34-12+,50-46+. The fraction of sp³-hybridized carbons (Fsp3) is 0.812. The molecule has 0 radical (unpaired) electrons. The molecule has 1 heterocycles. The number of aliphatic hydroxyl groups is 5. The zero-order valence-corrected chi connectivity index (χ0v) is 48.0. The molecule has 0 spiro atoms. The molecule has 1 saturated heterocycles. The molecule has 6 N–H and O–H groups in total. The summed E-state index contributed by atoms with van der Waals surface area (Å²) in [7, 11) is 0. The Morgan fingerprint density at radius 1 is 0.493 bits per heavy atom. The van der Waals surface area contributed by atoms with E-state index in [1.54, 1.807) is 6.08 Å². The van der Waals surface area contributed by atoms with Gasteiger partial charge < -0.3 is 45.1 Å². The maximum absolute atomic E-state index is 13.0. The Morgan fingerprint density at radius 2 is 0.907 bits per heavy atom. The van der Waals surface area contributed by atoms with E-state index in [1.807, 2.05) is 6.08 Å². The third-order valence-corrected chi connectivity index (χ3v) is 14.3. The van der Waals surface area contributed by atoms with Gasteiger partial charge in [-0.05, 0) is 103 Å². The Kier molecular flexibility index (Phi) is 50.1. The molecule has 7 unspecified atom stereocenters. The lowest BCUT2D eigenvalue weighted by Gasteiger charge is -2.40. The lowest BCUT2D eigenvalue weighted by atomic mass is 9.99. The molecule has 75 heavy (non-hydrogen) atoms. The number of amides is 1. The number of rotatable bonds is 53. The summed E-state index contributed by atoms with van der Waals surface area (Å²) < 4.78 is 16.7. The average Bonchev–Trinajstić information content (AvgIpc) is 3.41. The van der Waals surface area contributed by atoms with Gasteiger partial charge in [-0.15, -0.1) is 0 Å². The molecule has 1 aliphatic rings. The summed E-state index contributed by atoms with van der Waals surface area (Å²) in [4.78, 5) is 25.1. The Morgan fingerprint density at radius 3 is 1.43 bits per heavy atom. The van der Waals surface area contributed by atoms with Gasteiger partial charge in [-0.1, -0.05) is 216 Å². The molecule has 0 aromatic carbocycles. The van der Waals surface area contributed by atoms with Gasteiger partial charge in [-0.25, -0.2) is 0 Å². The highest BCUT2D eigenvalue weighted by atomic mass is 16.7. The van der Waals surface area contributed by atoms with Crippen molar-refractivity contribution in [2.45, 2.75) is 314 Å². The van der Waals surface area contributed by atoms with E-state index >= 15 is 0 Å². The van der Waals surface area contributed by atoms with E-state index in [0.717, 1.165) is 89.9 Å². The molecule has 1 amide bonds. The van der Waals surface area contributed by atoms with Crippen LogP contribution in [0.5, 0.6) is 0 Å². The molecule has 1 aliphatic heterocycles. The number of carbonyl (C=O) groups excluding carboxylic acids is 2. The van der Waals surface area contributed by atoms with Gasteiger partial charge >= 0.3 is 5.97 Å². The zero-order chi connectivity index (χ0) is 54.5. The molecule has 0 aromatic heterocycles. The number of allylic oxidation sites excluding steroid dienone is 9. The molecule has 11 heteroatoms. The molecule has 0 bridgehead atoms. The minimum absolute atomic E-state index is 0.0172. The molecular formula is C64H115NO10. The van der Waals surface area contributed by atoms with Crippen LogP contribution >= 0.6 is 0 Å². The first-order valence-electron chi connectivity index (χ1n) is 31.1. The number of nitrogens with one attached hydrogen (secondary N) is 1. The van der Waals surface area contributed by atoms with Crippen LogP contribution in [0.15, 0.2) is 60.8 Å². The molecule has 1 rings (SSSR count). The number of hydrogen-bond donors (Lipinski definition) is 6. The van der Waals surface area contributed by atoms with Crippen LogP contribution in [0.1, 0.15) is 271 Å². The Balaban J connectivity index is 2.00. The summed E-state index contributed by atoms with van der Waals surface area (Å²) >= 11 is 0. The van der Waals surface area contributed by atoms with Gasteiger partial charge in [0.15, 0.2) is 6.29 Å². The number of aliphatic hydroxyl groups excluding tert-OH is 5. The van der Waals surface area contributed by atoms with Crippen LogP contribution < -0.4 is 5.32 Å². The summed E-state index contributed by atoms with van der Waals surface area (Å²) in [6.07, 6.45) is 59.1. The lowest BCUT2D eigenvalue weighted by molar-refractivity contribution is -0.302. The van der Waals surface area contributed by atoms with Gasteiger partial charge in [0, 0.05) is 12.8 Å². The second kappa shape index (κ2) is 53.4. The van der Waals surface area contributed by atoms with Crippen molar-refractivity contribution in [2.75, 3.05) is 19.8 Å². The van der Waals surface area contributed by atoms with Crippen molar-refractivity contribution in [3.8, 4) is 0 Å². The highest BCUT2D eigenvalue weighted by Gasteiger charge is 2.44. The monoisotopic (exact) mass is 1060 g/mol. The first-order valence-corrected chi connectivity index (χ1v) is 31.1. The number of ether oxygens (including phenoxy) is 3. The normalized spacial score (nSPS) is 19.2. The Hall–Kier alpha value is -2.64. The highest BCUT2D eigenvalue weighted by Crippen LogP contribution is 2.23. The molecular weight excluding hydrogens is 943 g/mol. The Bertz CT molecular complexity index is 1430. The van der Waals surface area contributed by atoms with Gasteiger partial charge in [0.05, 0.1) is 32.0 Å². The summed E-state index contributed by atoms with van der Waals surface area (Å²) in [5.41, 5.74) is 0. The van der Waals surface area contributed by atoms with Crippen molar-refractivity contribution in [2.24, 2.45) is 0 Å². The largest absolute Gasteiger partial charge is 0.466 e. The van der Waals surface area contributed by atoms with Gasteiger partial charge in [0.2, 0.25) is 5.91 Å². The zero-order valence-electron chi connectivity index (χ0n) is 48.0. The SMILES string of the molecule is CCCCC/C=C/CC/C=C/C(O)C(COC1OC(CO)C(O)C(O)C1O)NC(=O)CCCCCCCCC/C=C\CCCCCCCCCCCCCOC(=O)CCCCCCC/C=C\C/C=C\CCCCCC. The molecule has 7 atom stereocenters. The van der Waals surface area contributed by atoms with Crippen LogP contribution in [0.25, 0.3) is 0 Å². The van der Waals surface area contributed by atoms with E-state index in [9.17, 15) is 35.1 Å². The van der Waals surface area contributed by atoms with Crippen molar-refractivity contribution in [3.05, 3.63) is 60.8 Å². The average molecular weight is 1060 g/mol. The van der Waals surface area contributed by atoms with E-state index in [-0.39, 0.29) is 18.5 Å². The van der Waals surface area contributed by atoms with Crippen molar-refractivity contribution in [1.29, 1.82) is 0 Å². The van der Waals surface area contributed by atoms with Crippen LogP contribution in [0.4, 0.5) is 0 Å². The van der Waals surface area contributed by atoms with Gasteiger partial charge in [0.1, 0.15) is 24.4 Å². The topological polar surface area (TPSA) is 175 Å². The minimum atomic E-state index is -1.58. The van der Waals surface area contributed by atoms with Crippen LogP contribution in [-0.2, 0) is 23.8 Å². The van der Waals surface area contributed by atoms with Crippen molar-refractivity contribution >= 4 is 11.9 Å². The van der Waals surface area contributed by atoms with Crippen molar-refractivity contribution in [3.63, 3.8) is 0 Å². The van der Waals surface area contributed by atoms with Crippen LogP contribution in [0, 0.1) is 0 Å². The first kappa shape index (κ1) is 70.4. The second-order valence-corrected chi connectivity index (χ2v) is 21.4. The van der Waals surface area contributed by atoms with Crippen molar-refractivity contribution < 1.29 is 49.3 Å². The van der Waals surface area contributed by atoms with E-state index < -0.39 is 49.5 Å². The number of carbonyl (C=O) groups is 2. The molecule has 0 saturated carbocycles. The number of hydrogen-bond acceptors (Lipinski definition) is 10. The lowest BCUT2D eigenvalue weighted by Crippen LogP contribution is -2.60. The molecule has 0 aromatic rings. The Labute approximate surface area is 458 Å². The fourth-order valence-electron chi connectivity index (χ4n) is 9.36. The quantitative estimate of drug-likeness (QED) is 0.0195. The summed E-state index contributed by atoms with van der Waals surface area (Å²) in [5, 5.41) is 54.2. The van der Waals surface area contributed by atoms with Crippen molar-refractivity contribution in [1.82, 2.24) is 5.32 Å². The molecule has 436 valence electrons. The van der Waals surface area contributed by atoms with Gasteiger partial charge in [-0.3, -0.25) is 9.59 Å². The maximum Gasteiger partial charge on any atom is 0.305 e. The summed E-state index contributed by atoms with van der Waals surface area (Å²) in [5.74, 6) is -0.220. The number of unbranched alkanes of at least 4 members (excludes halogenated alkanes) is 31. The molecule has 11 nitrogen and oxygen atoms in total. The third kappa shape index (κ3) is 43.0. The second-order valence-electron chi connectivity index (χ2n) is 21.4. The number of esters is 1. The van der Waals surface area contributed by atoms with Crippen LogP contribution in [0.3, 0.4) is 0 Å². The van der Waals surface area contributed by atoms with E-state index in [4.69, 9.17) is 14.2 Å². The van der Waals surface area contributed by atoms with Crippen LogP contribution in [0.2, 0.25) is 0 Å². The van der Waals surface area contributed by atoms with Crippen LogP contribution in [-0.4, -0.2) is 100 Å². The molecule has 1 fully saturated rings. The third-order valence-electron chi connectivity index (χ3n) is 14.3. The predicted octanol–water partition coefficient (Wildman–Crippen LogP) is 14.6.